The Morgan fingerprint density at radius 1 is 1.09 bits per heavy atom. The molecule has 1 aliphatic heterocycles. The first kappa shape index (κ1) is 31.2. The maximum atomic E-state index is 12.7. The summed E-state index contributed by atoms with van der Waals surface area (Å²) >= 11 is 3.82. The summed E-state index contributed by atoms with van der Waals surface area (Å²) in [5.74, 6) is 0.656. The monoisotopic (exact) mass is 668 g/mol. The van der Waals surface area contributed by atoms with Crippen molar-refractivity contribution >= 4 is 44.8 Å². The number of nitrogen functional groups attached to an aromatic ring is 1. The van der Waals surface area contributed by atoms with Gasteiger partial charge in [-0.2, -0.15) is 0 Å². The molecule has 234 valence electrons. The molecule has 0 spiro atoms. The normalized spacial score (nSPS) is 15.5. The van der Waals surface area contributed by atoms with Crippen molar-refractivity contribution in [1.29, 1.82) is 0 Å². The second-order valence-electron chi connectivity index (χ2n) is 12.7. The van der Waals surface area contributed by atoms with Crippen LogP contribution in [0, 0.1) is 5.41 Å². The Morgan fingerprint density at radius 3 is 2.50 bits per heavy atom. The van der Waals surface area contributed by atoms with Crippen molar-refractivity contribution in [2.45, 2.75) is 72.9 Å². The van der Waals surface area contributed by atoms with Crippen LogP contribution < -0.4 is 10.5 Å². The van der Waals surface area contributed by atoms with Gasteiger partial charge < -0.3 is 29.4 Å². The zero-order chi connectivity index (χ0) is 31.8. The van der Waals surface area contributed by atoms with Gasteiger partial charge in [0, 0.05) is 18.7 Å². The summed E-state index contributed by atoms with van der Waals surface area (Å²) in [5, 5.41) is 8.64. The van der Waals surface area contributed by atoms with Crippen molar-refractivity contribution in [3.8, 4) is 16.9 Å². The first-order valence-corrected chi connectivity index (χ1v) is 15.1. The highest BCUT2D eigenvalue weighted by molar-refractivity contribution is 9.10. The van der Waals surface area contributed by atoms with Crippen LogP contribution in [0.25, 0.3) is 22.2 Å². The third-order valence-corrected chi connectivity index (χ3v) is 7.87. The number of likely N-dealkylation sites (tertiary alicyclic amines) is 1. The number of ether oxygens (including phenoxy) is 3. The fourth-order valence-electron chi connectivity index (χ4n) is 4.88. The van der Waals surface area contributed by atoms with Crippen LogP contribution in [0.5, 0.6) is 5.75 Å². The van der Waals surface area contributed by atoms with E-state index in [-0.39, 0.29) is 31.4 Å². The molecule has 4 aromatic rings. The Labute approximate surface area is 263 Å². The molecule has 2 N–H and O–H groups in total. The number of carbonyl (C=O) groups is 2. The Morgan fingerprint density at radius 2 is 1.82 bits per heavy atom. The van der Waals surface area contributed by atoms with Crippen molar-refractivity contribution in [3.05, 3.63) is 47.1 Å². The molecule has 44 heavy (non-hydrogen) atoms. The molecule has 1 aliphatic rings. The zero-order valence-electron chi connectivity index (χ0n) is 25.7. The summed E-state index contributed by atoms with van der Waals surface area (Å²) in [6.45, 7) is 12.1. The number of halogens is 1. The van der Waals surface area contributed by atoms with Crippen LogP contribution in [0.15, 0.2) is 41.4 Å². The van der Waals surface area contributed by atoms with Crippen molar-refractivity contribution in [2.24, 2.45) is 5.41 Å². The number of esters is 1. The number of nitrogens with zero attached hydrogens (tertiary/aromatic N) is 7. The molecular formula is C30H37BrN8O5. The molecule has 4 heterocycles. The average molecular weight is 670 g/mol. The second kappa shape index (κ2) is 12.1. The maximum Gasteiger partial charge on any atom is 0.410 e. The van der Waals surface area contributed by atoms with Crippen LogP contribution in [-0.2, 0) is 27.6 Å². The van der Waals surface area contributed by atoms with Gasteiger partial charge in [-0.3, -0.25) is 4.79 Å². The summed E-state index contributed by atoms with van der Waals surface area (Å²) in [4.78, 5) is 35.4. The minimum atomic E-state index is -0.616. The van der Waals surface area contributed by atoms with Gasteiger partial charge in [0.25, 0.3) is 0 Å². The Balaban J connectivity index is 1.34. The van der Waals surface area contributed by atoms with Crippen molar-refractivity contribution in [2.75, 3.05) is 18.8 Å². The summed E-state index contributed by atoms with van der Waals surface area (Å²) < 4.78 is 21.3. The van der Waals surface area contributed by atoms with Gasteiger partial charge in [0.2, 0.25) is 0 Å². The third kappa shape index (κ3) is 6.64. The van der Waals surface area contributed by atoms with E-state index in [1.807, 2.05) is 45.0 Å². The molecule has 0 radical (unpaired) electrons. The second-order valence-corrected chi connectivity index (χ2v) is 13.5. The fraction of sp³-hybridized carbons (Fsp3) is 0.467. The number of nitrogens with two attached hydrogens (primary N) is 1. The highest BCUT2D eigenvalue weighted by Crippen LogP contribution is 2.43. The van der Waals surface area contributed by atoms with E-state index in [4.69, 9.17) is 19.9 Å². The largest absolute Gasteiger partial charge is 0.487 e. The summed E-state index contributed by atoms with van der Waals surface area (Å²) in [6, 6.07) is 7.56. The van der Waals surface area contributed by atoms with Gasteiger partial charge >= 0.3 is 12.1 Å². The number of fused-ring (bicyclic) bond motifs is 1. The quantitative estimate of drug-likeness (QED) is 0.255. The first-order chi connectivity index (χ1) is 20.7. The molecule has 1 saturated heterocycles. The number of hydrogen-bond donors (Lipinski definition) is 1. The maximum absolute atomic E-state index is 12.7. The number of carbonyl (C=O) groups excluding carboxylic acids is 2. The molecule has 13 nitrogen and oxygen atoms in total. The molecule has 0 bridgehead atoms. The van der Waals surface area contributed by atoms with Crippen LogP contribution >= 0.6 is 15.9 Å². The molecule has 3 aromatic heterocycles. The number of aromatic nitrogens is 6. The summed E-state index contributed by atoms with van der Waals surface area (Å²) in [7, 11) is 0. The predicted molar refractivity (Wildman–Crippen MR) is 166 cm³/mol. The van der Waals surface area contributed by atoms with Crippen LogP contribution in [0.3, 0.4) is 0 Å². The molecule has 1 fully saturated rings. The van der Waals surface area contributed by atoms with Crippen LogP contribution in [0.2, 0.25) is 0 Å². The van der Waals surface area contributed by atoms with Gasteiger partial charge in [0.15, 0.2) is 6.73 Å². The molecule has 0 aliphatic carbocycles. The van der Waals surface area contributed by atoms with Gasteiger partial charge in [-0.15, -0.1) is 5.10 Å². The SMILES string of the molecule is CC(C)(C)OC(=O)N1CC[C@@H](n2c(Br)c(-c3ccc(OCc4cnnn4COC(=O)C(C)(C)C)cc3)c3c(N)ncnc32)C1. The molecule has 0 unspecified atom stereocenters. The smallest absolute Gasteiger partial charge is 0.410 e. The van der Waals surface area contributed by atoms with Crippen molar-refractivity contribution in [3.63, 3.8) is 0 Å². The average Bonchev–Trinajstić information content (AvgIpc) is 3.67. The van der Waals surface area contributed by atoms with E-state index < -0.39 is 11.0 Å². The van der Waals surface area contributed by atoms with E-state index in [1.54, 1.807) is 31.9 Å². The standard InChI is InChI=1S/C30H37BrN8O5/c1-29(2,3)27(40)43-17-38-20(13-35-36-38)15-42-21-9-7-18(8-10-21)22-23-25(32)33-16-34-26(23)39(24(22)31)19-11-12-37(14-19)28(41)44-30(4,5)6/h7-10,13,16,19H,11-12,14-15,17H2,1-6H3,(H2,32,33,34)/t19-/m1/s1. The van der Waals surface area contributed by atoms with E-state index in [1.165, 1.54) is 11.0 Å². The number of benzene rings is 1. The summed E-state index contributed by atoms with van der Waals surface area (Å²) in [6.07, 6.45) is 3.42. The predicted octanol–water partition coefficient (Wildman–Crippen LogP) is 5.34. The minimum absolute atomic E-state index is 0.0359. The van der Waals surface area contributed by atoms with E-state index in [2.05, 4.69) is 40.8 Å². The van der Waals surface area contributed by atoms with Crippen molar-refractivity contribution in [1.82, 2.24) is 34.4 Å². The van der Waals surface area contributed by atoms with E-state index >= 15 is 0 Å². The molecule has 1 atom stereocenters. The highest BCUT2D eigenvalue weighted by atomic mass is 79.9. The highest BCUT2D eigenvalue weighted by Gasteiger charge is 2.34. The lowest BCUT2D eigenvalue weighted by atomic mass is 9.98. The van der Waals surface area contributed by atoms with Crippen LogP contribution in [0.1, 0.15) is 59.7 Å². The third-order valence-electron chi connectivity index (χ3n) is 7.09. The van der Waals surface area contributed by atoms with Gasteiger partial charge in [-0.1, -0.05) is 17.3 Å². The number of hydrogen-bond acceptors (Lipinski definition) is 10. The van der Waals surface area contributed by atoms with Crippen LogP contribution in [0.4, 0.5) is 10.6 Å². The van der Waals surface area contributed by atoms with Gasteiger partial charge in [0.05, 0.1) is 33.3 Å². The fourth-order valence-corrected chi connectivity index (χ4v) is 5.77. The van der Waals surface area contributed by atoms with Gasteiger partial charge in [-0.25, -0.2) is 19.4 Å². The van der Waals surface area contributed by atoms with E-state index in [9.17, 15) is 9.59 Å². The zero-order valence-corrected chi connectivity index (χ0v) is 27.3. The molecule has 1 amide bonds. The molecular weight excluding hydrogens is 632 g/mol. The Kier molecular flexibility index (Phi) is 8.56. The first-order valence-electron chi connectivity index (χ1n) is 14.3. The summed E-state index contributed by atoms with van der Waals surface area (Å²) in [5.41, 5.74) is 8.28. The molecule has 14 heteroatoms. The lowest BCUT2D eigenvalue weighted by Gasteiger charge is -2.24. The Bertz CT molecular complexity index is 1670. The topological polar surface area (TPSA) is 153 Å². The number of amides is 1. The van der Waals surface area contributed by atoms with E-state index in [0.29, 0.717) is 36.0 Å². The molecule has 0 saturated carbocycles. The van der Waals surface area contributed by atoms with Crippen molar-refractivity contribution < 1.29 is 23.8 Å². The van der Waals surface area contributed by atoms with Crippen LogP contribution in [-0.4, -0.2) is 65.2 Å². The van der Waals surface area contributed by atoms with Gasteiger partial charge in [0.1, 0.15) is 35.7 Å². The minimum Gasteiger partial charge on any atom is -0.487 e. The van der Waals surface area contributed by atoms with E-state index in [0.717, 1.165) is 27.5 Å². The lowest BCUT2D eigenvalue weighted by molar-refractivity contribution is -0.157. The molecule has 5 rings (SSSR count). The molecule has 1 aromatic carbocycles. The number of rotatable bonds is 7. The number of anilines is 1. The lowest BCUT2D eigenvalue weighted by Crippen LogP contribution is -2.35. The Hall–Kier alpha value is -4.20. The van der Waals surface area contributed by atoms with Gasteiger partial charge in [-0.05, 0) is 81.6 Å².